The monoisotopic (exact) mass is 372 g/mol. The molecule has 0 saturated carbocycles. The fourth-order valence-corrected chi connectivity index (χ4v) is 2.79. The number of aryl methyl sites for hydroxylation is 1. The lowest BCUT2D eigenvalue weighted by atomic mass is 10.1. The molecule has 0 spiro atoms. The number of carbonyl (C=O) groups excluding carboxylic acids is 1. The Morgan fingerprint density at radius 2 is 1.68 bits per heavy atom. The van der Waals surface area contributed by atoms with Gasteiger partial charge in [0.25, 0.3) is 5.91 Å². The number of anilines is 1. The molecule has 138 valence electrons. The van der Waals surface area contributed by atoms with Crippen LogP contribution in [0.25, 0.3) is 22.7 Å². The van der Waals surface area contributed by atoms with Crippen molar-refractivity contribution in [2.75, 3.05) is 5.32 Å². The van der Waals surface area contributed by atoms with E-state index in [0.717, 1.165) is 16.8 Å². The molecule has 1 aromatic heterocycles. The predicted octanol–water partition coefficient (Wildman–Crippen LogP) is 5.71. The van der Waals surface area contributed by atoms with Crippen molar-refractivity contribution in [2.45, 2.75) is 6.92 Å². The second kappa shape index (κ2) is 7.48. The Morgan fingerprint density at radius 1 is 0.964 bits per heavy atom. The summed E-state index contributed by atoms with van der Waals surface area (Å²) in [4.78, 5) is 16.7. The normalized spacial score (nSPS) is 10.6. The summed E-state index contributed by atoms with van der Waals surface area (Å²) in [5.74, 6) is -0.320. The summed E-state index contributed by atoms with van der Waals surface area (Å²) >= 11 is 0. The molecule has 0 unspecified atom stereocenters. The summed E-state index contributed by atoms with van der Waals surface area (Å²) in [6, 6.07) is 20.7. The minimum absolute atomic E-state index is 0.263. The Labute approximate surface area is 161 Å². The van der Waals surface area contributed by atoms with Crippen molar-refractivity contribution in [3.05, 3.63) is 96.0 Å². The Morgan fingerprint density at radius 3 is 2.39 bits per heavy atom. The second-order valence-corrected chi connectivity index (χ2v) is 6.45. The Balaban J connectivity index is 1.49. The second-order valence-electron chi connectivity index (χ2n) is 6.45. The minimum Gasteiger partial charge on any atom is -0.444 e. The van der Waals surface area contributed by atoms with Gasteiger partial charge >= 0.3 is 0 Å². The van der Waals surface area contributed by atoms with Gasteiger partial charge in [-0.2, -0.15) is 0 Å². The zero-order valence-corrected chi connectivity index (χ0v) is 15.1. The molecule has 5 heteroatoms. The number of benzene rings is 3. The SMILES string of the molecule is Cc1ccc(-c2coc(-c3ccc(NC(=O)c4cccc(F)c4)cc3)n2)cc1. The van der Waals surface area contributed by atoms with E-state index in [1.807, 2.05) is 43.3 Å². The van der Waals surface area contributed by atoms with Crippen LogP contribution in [0.2, 0.25) is 0 Å². The number of nitrogens with one attached hydrogen (secondary N) is 1. The molecule has 1 heterocycles. The Bertz CT molecular complexity index is 1120. The van der Waals surface area contributed by atoms with Crippen molar-refractivity contribution < 1.29 is 13.6 Å². The third-order valence-corrected chi connectivity index (χ3v) is 4.33. The standard InChI is InChI=1S/C23H17FN2O2/c1-15-5-7-16(8-6-15)21-14-28-23(26-21)17-9-11-20(12-10-17)25-22(27)18-3-2-4-19(24)13-18/h2-14H,1H3,(H,25,27). The highest BCUT2D eigenvalue weighted by molar-refractivity contribution is 6.04. The fraction of sp³-hybridized carbons (Fsp3) is 0.0435. The molecule has 0 aliphatic heterocycles. The number of rotatable bonds is 4. The molecule has 0 atom stereocenters. The quantitative estimate of drug-likeness (QED) is 0.499. The Hall–Kier alpha value is -3.73. The van der Waals surface area contributed by atoms with Crippen LogP contribution in [0.3, 0.4) is 0 Å². The molecule has 0 saturated heterocycles. The van der Waals surface area contributed by atoms with Gasteiger partial charge in [-0.1, -0.05) is 35.9 Å². The van der Waals surface area contributed by atoms with E-state index in [0.29, 0.717) is 11.6 Å². The molecular weight excluding hydrogens is 355 g/mol. The lowest BCUT2D eigenvalue weighted by Gasteiger charge is -2.06. The van der Waals surface area contributed by atoms with Gasteiger partial charge in [0.15, 0.2) is 0 Å². The van der Waals surface area contributed by atoms with E-state index in [2.05, 4.69) is 10.3 Å². The Kier molecular flexibility index (Phi) is 4.72. The van der Waals surface area contributed by atoms with Gasteiger partial charge in [0.2, 0.25) is 5.89 Å². The van der Waals surface area contributed by atoms with E-state index in [1.165, 1.54) is 23.8 Å². The van der Waals surface area contributed by atoms with Gasteiger partial charge < -0.3 is 9.73 Å². The number of hydrogen-bond acceptors (Lipinski definition) is 3. The molecular formula is C23H17FN2O2. The van der Waals surface area contributed by atoms with E-state index in [4.69, 9.17) is 4.42 Å². The first-order valence-corrected chi connectivity index (χ1v) is 8.78. The van der Waals surface area contributed by atoms with E-state index in [9.17, 15) is 9.18 Å². The zero-order chi connectivity index (χ0) is 19.5. The summed E-state index contributed by atoms with van der Waals surface area (Å²) in [6.07, 6.45) is 1.62. The topological polar surface area (TPSA) is 55.1 Å². The van der Waals surface area contributed by atoms with E-state index < -0.39 is 5.82 Å². The molecule has 1 amide bonds. The highest BCUT2D eigenvalue weighted by Gasteiger charge is 2.10. The molecule has 4 rings (SSSR count). The van der Waals surface area contributed by atoms with Crippen LogP contribution in [0.4, 0.5) is 10.1 Å². The van der Waals surface area contributed by atoms with Gasteiger partial charge in [-0.3, -0.25) is 4.79 Å². The highest BCUT2D eigenvalue weighted by Crippen LogP contribution is 2.26. The molecule has 0 bridgehead atoms. The minimum atomic E-state index is -0.448. The smallest absolute Gasteiger partial charge is 0.255 e. The highest BCUT2D eigenvalue weighted by atomic mass is 19.1. The third kappa shape index (κ3) is 3.83. The summed E-state index contributed by atoms with van der Waals surface area (Å²) in [7, 11) is 0. The number of oxazole rings is 1. The predicted molar refractivity (Wildman–Crippen MR) is 106 cm³/mol. The number of hydrogen-bond donors (Lipinski definition) is 1. The van der Waals surface area contributed by atoms with Gasteiger partial charge in [0, 0.05) is 22.4 Å². The van der Waals surface area contributed by atoms with Crippen LogP contribution in [-0.4, -0.2) is 10.9 Å². The summed E-state index contributed by atoms with van der Waals surface area (Å²) in [5.41, 5.74) is 4.59. The largest absolute Gasteiger partial charge is 0.444 e. The van der Waals surface area contributed by atoms with Crippen molar-refractivity contribution in [2.24, 2.45) is 0 Å². The molecule has 3 aromatic carbocycles. The van der Waals surface area contributed by atoms with E-state index in [-0.39, 0.29) is 11.5 Å². The molecule has 0 aliphatic rings. The van der Waals surface area contributed by atoms with Gasteiger partial charge in [-0.15, -0.1) is 0 Å². The van der Waals surface area contributed by atoms with Gasteiger partial charge in [-0.05, 0) is 49.4 Å². The van der Waals surface area contributed by atoms with Gasteiger partial charge in [0.1, 0.15) is 17.8 Å². The number of aromatic nitrogens is 1. The third-order valence-electron chi connectivity index (χ3n) is 4.33. The van der Waals surface area contributed by atoms with Crippen LogP contribution in [0, 0.1) is 12.7 Å². The molecule has 4 aromatic rings. The summed E-state index contributed by atoms with van der Waals surface area (Å²) in [6.45, 7) is 2.03. The molecule has 0 aliphatic carbocycles. The average Bonchev–Trinajstić information content (AvgIpc) is 3.19. The number of nitrogens with zero attached hydrogens (tertiary/aromatic N) is 1. The first-order valence-electron chi connectivity index (χ1n) is 8.78. The molecule has 0 radical (unpaired) electrons. The molecule has 28 heavy (non-hydrogen) atoms. The number of amides is 1. The average molecular weight is 372 g/mol. The number of halogens is 1. The zero-order valence-electron chi connectivity index (χ0n) is 15.1. The van der Waals surface area contributed by atoms with E-state index >= 15 is 0 Å². The van der Waals surface area contributed by atoms with Gasteiger partial charge in [-0.25, -0.2) is 9.37 Å². The number of carbonyl (C=O) groups is 1. The van der Waals surface area contributed by atoms with Crippen LogP contribution in [0.1, 0.15) is 15.9 Å². The van der Waals surface area contributed by atoms with Gasteiger partial charge in [0.05, 0.1) is 0 Å². The van der Waals surface area contributed by atoms with Crippen LogP contribution >= 0.6 is 0 Å². The van der Waals surface area contributed by atoms with Crippen LogP contribution in [0.15, 0.2) is 83.5 Å². The maximum atomic E-state index is 13.3. The van der Waals surface area contributed by atoms with Crippen LogP contribution in [-0.2, 0) is 0 Å². The maximum Gasteiger partial charge on any atom is 0.255 e. The van der Waals surface area contributed by atoms with Crippen molar-refractivity contribution in [3.8, 4) is 22.7 Å². The lowest BCUT2D eigenvalue weighted by molar-refractivity contribution is 0.102. The lowest BCUT2D eigenvalue weighted by Crippen LogP contribution is -2.11. The molecule has 4 nitrogen and oxygen atoms in total. The first-order chi connectivity index (χ1) is 13.6. The molecule has 0 fully saturated rings. The van der Waals surface area contributed by atoms with Crippen molar-refractivity contribution in [1.82, 2.24) is 4.98 Å². The maximum absolute atomic E-state index is 13.3. The van der Waals surface area contributed by atoms with Crippen LogP contribution in [0.5, 0.6) is 0 Å². The summed E-state index contributed by atoms with van der Waals surface area (Å²) in [5, 5.41) is 2.74. The van der Waals surface area contributed by atoms with Crippen LogP contribution < -0.4 is 5.32 Å². The summed E-state index contributed by atoms with van der Waals surface area (Å²) < 4.78 is 18.9. The van der Waals surface area contributed by atoms with E-state index in [1.54, 1.807) is 24.5 Å². The first kappa shape index (κ1) is 17.7. The molecule has 1 N–H and O–H groups in total. The van der Waals surface area contributed by atoms with Crippen molar-refractivity contribution >= 4 is 11.6 Å². The van der Waals surface area contributed by atoms with Crippen molar-refractivity contribution in [1.29, 1.82) is 0 Å². The fourth-order valence-electron chi connectivity index (χ4n) is 2.79. The van der Waals surface area contributed by atoms with Crippen molar-refractivity contribution in [3.63, 3.8) is 0 Å².